The molecule has 1 fully saturated rings. The first-order valence-corrected chi connectivity index (χ1v) is 7.09. The number of carboxylic acid groups (broad SMARTS) is 1. The highest BCUT2D eigenvalue weighted by atomic mass is 16.5. The van der Waals surface area contributed by atoms with Gasteiger partial charge in [-0.3, -0.25) is 4.79 Å². The largest absolute Gasteiger partial charge is 0.481 e. The molecule has 0 saturated carbocycles. The minimum absolute atomic E-state index is 0.530. The topological polar surface area (TPSA) is 46.5 Å². The third-order valence-corrected chi connectivity index (χ3v) is 3.67. The second kappa shape index (κ2) is 7.29. The van der Waals surface area contributed by atoms with E-state index in [4.69, 9.17) is 4.74 Å². The number of carboxylic acids is 1. The first-order chi connectivity index (χ1) is 9.19. The fourth-order valence-corrected chi connectivity index (χ4v) is 2.41. The van der Waals surface area contributed by atoms with Gasteiger partial charge >= 0.3 is 5.97 Å². The van der Waals surface area contributed by atoms with E-state index in [1.807, 2.05) is 38.1 Å². The third-order valence-electron chi connectivity index (χ3n) is 3.67. The Bertz CT molecular complexity index is 389. The van der Waals surface area contributed by atoms with Crippen LogP contribution in [0.5, 0.6) is 0 Å². The highest BCUT2D eigenvalue weighted by Crippen LogP contribution is 2.35. The maximum absolute atomic E-state index is 11.6. The first-order valence-electron chi connectivity index (χ1n) is 7.09. The van der Waals surface area contributed by atoms with Gasteiger partial charge in [0.15, 0.2) is 0 Å². The average Bonchev–Trinajstić information content (AvgIpc) is 2.50. The van der Waals surface area contributed by atoms with Crippen molar-refractivity contribution in [3.8, 4) is 0 Å². The standard InChI is InChI=1S/C14H18O3.C2H6/c1-2-11-3-5-12(6-4-11)14(13(15)16)7-9-17-10-8-14;1-2/h3-6H,2,7-10H2,1H3,(H,15,16);1-2H3. The van der Waals surface area contributed by atoms with E-state index in [-0.39, 0.29) is 0 Å². The Kier molecular flexibility index (Phi) is 6.03. The maximum atomic E-state index is 11.6. The van der Waals surface area contributed by atoms with E-state index in [0.717, 1.165) is 12.0 Å². The van der Waals surface area contributed by atoms with Crippen LogP contribution in [0, 0.1) is 0 Å². The monoisotopic (exact) mass is 264 g/mol. The summed E-state index contributed by atoms with van der Waals surface area (Å²) in [5.41, 5.74) is 1.40. The van der Waals surface area contributed by atoms with Crippen molar-refractivity contribution in [1.82, 2.24) is 0 Å². The maximum Gasteiger partial charge on any atom is 0.314 e. The molecule has 1 aromatic rings. The molecule has 0 unspecified atom stereocenters. The Hall–Kier alpha value is -1.35. The summed E-state index contributed by atoms with van der Waals surface area (Å²) in [6.07, 6.45) is 2.10. The number of hydrogen-bond acceptors (Lipinski definition) is 2. The van der Waals surface area contributed by atoms with Crippen molar-refractivity contribution < 1.29 is 14.6 Å². The van der Waals surface area contributed by atoms with Gasteiger partial charge in [-0.05, 0) is 30.4 Å². The quantitative estimate of drug-likeness (QED) is 0.910. The molecule has 19 heavy (non-hydrogen) atoms. The van der Waals surface area contributed by atoms with Gasteiger partial charge in [0.1, 0.15) is 0 Å². The van der Waals surface area contributed by atoms with Crippen LogP contribution in [0.15, 0.2) is 24.3 Å². The lowest BCUT2D eigenvalue weighted by Gasteiger charge is -2.33. The van der Waals surface area contributed by atoms with Gasteiger partial charge in [0.2, 0.25) is 0 Å². The van der Waals surface area contributed by atoms with Crippen LogP contribution in [-0.2, 0) is 21.4 Å². The molecule has 1 aliphatic rings. The van der Waals surface area contributed by atoms with Gasteiger partial charge in [0.05, 0.1) is 5.41 Å². The second-order valence-electron chi connectivity index (χ2n) is 4.55. The number of carbonyl (C=O) groups is 1. The average molecular weight is 264 g/mol. The molecule has 106 valence electrons. The molecule has 0 bridgehead atoms. The molecule has 0 aromatic heterocycles. The molecule has 3 heteroatoms. The molecular formula is C16H24O3. The Balaban J connectivity index is 0.000000861. The number of aliphatic carboxylic acids is 1. The minimum atomic E-state index is -0.746. The Morgan fingerprint density at radius 1 is 1.21 bits per heavy atom. The van der Waals surface area contributed by atoms with E-state index in [2.05, 4.69) is 6.92 Å². The molecule has 0 radical (unpaired) electrons. The summed E-state index contributed by atoms with van der Waals surface area (Å²) in [7, 11) is 0. The van der Waals surface area contributed by atoms with Crippen molar-refractivity contribution in [2.24, 2.45) is 0 Å². The van der Waals surface area contributed by atoms with Crippen LogP contribution in [-0.4, -0.2) is 24.3 Å². The van der Waals surface area contributed by atoms with Crippen LogP contribution in [0.2, 0.25) is 0 Å². The van der Waals surface area contributed by atoms with Crippen molar-refractivity contribution in [2.45, 2.75) is 45.4 Å². The molecule has 1 aromatic carbocycles. The summed E-state index contributed by atoms with van der Waals surface area (Å²) in [5, 5.41) is 9.51. The van der Waals surface area contributed by atoms with Gasteiger partial charge in [-0.15, -0.1) is 0 Å². The Morgan fingerprint density at radius 2 is 1.74 bits per heavy atom. The van der Waals surface area contributed by atoms with Crippen molar-refractivity contribution in [1.29, 1.82) is 0 Å². The van der Waals surface area contributed by atoms with Gasteiger partial charge in [-0.25, -0.2) is 0 Å². The van der Waals surface area contributed by atoms with E-state index in [1.54, 1.807) is 0 Å². The number of benzene rings is 1. The van der Waals surface area contributed by atoms with E-state index in [9.17, 15) is 9.90 Å². The van der Waals surface area contributed by atoms with Gasteiger partial charge in [0.25, 0.3) is 0 Å². The van der Waals surface area contributed by atoms with Crippen molar-refractivity contribution in [3.05, 3.63) is 35.4 Å². The van der Waals surface area contributed by atoms with Crippen LogP contribution in [0.4, 0.5) is 0 Å². The molecule has 0 spiro atoms. The zero-order valence-corrected chi connectivity index (χ0v) is 12.1. The normalized spacial score (nSPS) is 17.2. The zero-order chi connectivity index (χ0) is 14.3. The third kappa shape index (κ3) is 3.35. The van der Waals surface area contributed by atoms with E-state index >= 15 is 0 Å². The molecule has 1 N–H and O–H groups in total. The zero-order valence-electron chi connectivity index (χ0n) is 12.1. The Morgan fingerprint density at radius 3 is 2.16 bits per heavy atom. The predicted molar refractivity (Wildman–Crippen MR) is 76.5 cm³/mol. The van der Waals surface area contributed by atoms with Crippen molar-refractivity contribution in [2.75, 3.05) is 13.2 Å². The summed E-state index contributed by atoms with van der Waals surface area (Å²) in [6.45, 7) is 7.15. The van der Waals surface area contributed by atoms with Crippen LogP contribution < -0.4 is 0 Å². The van der Waals surface area contributed by atoms with Gasteiger partial charge < -0.3 is 9.84 Å². The SMILES string of the molecule is CC.CCc1ccc(C2(C(=O)O)CCOCC2)cc1. The van der Waals surface area contributed by atoms with Crippen LogP contribution in [0.25, 0.3) is 0 Å². The lowest BCUT2D eigenvalue weighted by atomic mass is 9.74. The molecule has 1 heterocycles. The molecule has 3 nitrogen and oxygen atoms in total. The number of hydrogen-bond donors (Lipinski definition) is 1. The van der Waals surface area contributed by atoms with Crippen molar-refractivity contribution >= 4 is 5.97 Å². The fraction of sp³-hybridized carbons (Fsp3) is 0.562. The molecule has 0 amide bonds. The van der Waals surface area contributed by atoms with E-state index in [1.165, 1.54) is 5.56 Å². The lowest BCUT2D eigenvalue weighted by Crippen LogP contribution is -2.41. The summed E-state index contributed by atoms with van der Waals surface area (Å²) < 4.78 is 5.28. The summed E-state index contributed by atoms with van der Waals surface area (Å²) in [5.74, 6) is -0.731. The minimum Gasteiger partial charge on any atom is -0.481 e. The fourth-order valence-electron chi connectivity index (χ4n) is 2.41. The van der Waals surface area contributed by atoms with E-state index in [0.29, 0.717) is 26.1 Å². The Labute approximate surface area is 115 Å². The molecule has 1 aliphatic heterocycles. The first kappa shape index (κ1) is 15.7. The number of rotatable bonds is 3. The van der Waals surface area contributed by atoms with Crippen molar-refractivity contribution in [3.63, 3.8) is 0 Å². The smallest absolute Gasteiger partial charge is 0.314 e. The summed E-state index contributed by atoms with van der Waals surface area (Å²) in [6, 6.07) is 7.96. The molecule has 0 aliphatic carbocycles. The van der Waals surface area contributed by atoms with Crippen LogP contribution >= 0.6 is 0 Å². The molecule has 0 atom stereocenters. The highest BCUT2D eigenvalue weighted by molar-refractivity contribution is 5.81. The number of aryl methyl sites for hydroxylation is 1. The van der Waals surface area contributed by atoms with Crippen LogP contribution in [0.1, 0.15) is 44.7 Å². The molecular weight excluding hydrogens is 240 g/mol. The van der Waals surface area contributed by atoms with Crippen LogP contribution in [0.3, 0.4) is 0 Å². The van der Waals surface area contributed by atoms with Gasteiger partial charge in [-0.1, -0.05) is 45.0 Å². The van der Waals surface area contributed by atoms with Gasteiger partial charge in [0, 0.05) is 13.2 Å². The van der Waals surface area contributed by atoms with E-state index < -0.39 is 11.4 Å². The highest BCUT2D eigenvalue weighted by Gasteiger charge is 2.41. The molecule has 2 rings (SSSR count). The van der Waals surface area contributed by atoms with Gasteiger partial charge in [-0.2, -0.15) is 0 Å². The summed E-state index contributed by atoms with van der Waals surface area (Å²) >= 11 is 0. The second-order valence-corrected chi connectivity index (χ2v) is 4.55. The predicted octanol–water partition coefficient (Wildman–Crippen LogP) is 3.41. The lowest BCUT2D eigenvalue weighted by molar-refractivity contribution is -0.147. The summed E-state index contributed by atoms with van der Waals surface area (Å²) in [4.78, 5) is 11.6. The molecule has 1 saturated heterocycles. The number of ether oxygens (including phenoxy) is 1.